The van der Waals surface area contributed by atoms with E-state index in [4.69, 9.17) is 21.1 Å². The minimum absolute atomic E-state index is 0.0255. The number of nitrogens with zero attached hydrogens (tertiary/aromatic N) is 1. The quantitative estimate of drug-likeness (QED) is 0.844. The maximum atomic E-state index is 12.4. The number of nitrogens with one attached hydrogen (secondary N) is 1. The average molecular weight is 375 g/mol. The first-order valence-electron chi connectivity index (χ1n) is 8.60. The van der Waals surface area contributed by atoms with Gasteiger partial charge in [-0.05, 0) is 49.5 Å². The molecule has 3 rings (SSSR count). The number of ether oxygens (including phenoxy) is 2. The van der Waals surface area contributed by atoms with Crippen LogP contribution >= 0.6 is 11.6 Å². The lowest BCUT2D eigenvalue weighted by Crippen LogP contribution is -2.35. The van der Waals surface area contributed by atoms with Crippen LogP contribution in [0.3, 0.4) is 0 Å². The van der Waals surface area contributed by atoms with Crippen molar-refractivity contribution in [2.75, 3.05) is 33.9 Å². The maximum Gasteiger partial charge on any atom is 0.224 e. The number of carbonyl (C=O) groups is 1. The molecule has 1 aliphatic heterocycles. The molecule has 1 atom stereocenters. The molecule has 0 bridgehead atoms. The smallest absolute Gasteiger partial charge is 0.224 e. The number of halogens is 1. The van der Waals surface area contributed by atoms with Crippen molar-refractivity contribution < 1.29 is 14.3 Å². The van der Waals surface area contributed by atoms with E-state index in [0.29, 0.717) is 37.0 Å². The third-order valence-corrected chi connectivity index (χ3v) is 4.59. The Morgan fingerprint density at radius 1 is 1.12 bits per heavy atom. The molecule has 5 nitrogen and oxygen atoms in total. The summed E-state index contributed by atoms with van der Waals surface area (Å²) in [6, 6.07) is 13.4. The highest BCUT2D eigenvalue weighted by molar-refractivity contribution is 6.30. The number of fused-ring (bicyclic) bond motifs is 1. The Morgan fingerprint density at radius 2 is 1.81 bits per heavy atom. The topological polar surface area (TPSA) is 50.8 Å². The number of carbonyl (C=O) groups excluding carboxylic acids is 1. The van der Waals surface area contributed by atoms with Gasteiger partial charge in [0, 0.05) is 11.6 Å². The molecule has 6 heteroatoms. The molecule has 0 aromatic heterocycles. The lowest BCUT2D eigenvalue weighted by atomic mass is 10.1. The van der Waals surface area contributed by atoms with E-state index in [2.05, 4.69) is 10.2 Å². The fourth-order valence-corrected chi connectivity index (χ4v) is 3.07. The van der Waals surface area contributed by atoms with Crippen molar-refractivity contribution in [3.05, 3.63) is 58.6 Å². The van der Waals surface area contributed by atoms with Crippen molar-refractivity contribution in [1.82, 2.24) is 10.2 Å². The van der Waals surface area contributed by atoms with Crippen LogP contribution in [-0.2, 0) is 11.2 Å². The average Bonchev–Trinajstić information content (AvgIpc) is 2.63. The van der Waals surface area contributed by atoms with E-state index < -0.39 is 0 Å². The Bertz CT molecular complexity index is 762. The lowest BCUT2D eigenvalue weighted by molar-refractivity contribution is -0.120. The van der Waals surface area contributed by atoms with Gasteiger partial charge in [0.25, 0.3) is 0 Å². The second kappa shape index (κ2) is 8.43. The van der Waals surface area contributed by atoms with Gasteiger partial charge in [-0.25, -0.2) is 0 Å². The van der Waals surface area contributed by atoms with Crippen LogP contribution in [0.25, 0.3) is 0 Å². The Balaban J connectivity index is 1.59. The van der Waals surface area contributed by atoms with Crippen molar-refractivity contribution in [2.24, 2.45) is 0 Å². The van der Waals surface area contributed by atoms with E-state index in [0.717, 1.165) is 16.9 Å². The van der Waals surface area contributed by atoms with Crippen LogP contribution < -0.4 is 14.8 Å². The zero-order valence-corrected chi connectivity index (χ0v) is 15.8. The first kappa shape index (κ1) is 18.5. The normalized spacial score (nSPS) is 14.2. The summed E-state index contributed by atoms with van der Waals surface area (Å²) in [7, 11) is 3.98. The van der Waals surface area contributed by atoms with Crippen LogP contribution in [0, 0.1) is 0 Å². The number of likely N-dealkylation sites (N-methyl/N-ethyl adjacent to an activating group) is 1. The summed E-state index contributed by atoms with van der Waals surface area (Å²) < 4.78 is 11.1. The van der Waals surface area contributed by atoms with Crippen LogP contribution in [-0.4, -0.2) is 44.7 Å². The molecule has 138 valence electrons. The maximum absolute atomic E-state index is 12.4. The first-order chi connectivity index (χ1) is 12.5. The number of rotatable bonds is 6. The van der Waals surface area contributed by atoms with Crippen LogP contribution in [0.15, 0.2) is 42.5 Å². The first-order valence-corrected chi connectivity index (χ1v) is 8.98. The van der Waals surface area contributed by atoms with E-state index in [1.807, 2.05) is 56.6 Å². The van der Waals surface area contributed by atoms with Gasteiger partial charge in [-0.3, -0.25) is 4.79 Å². The van der Waals surface area contributed by atoms with Gasteiger partial charge in [0.05, 0.1) is 12.5 Å². The molecule has 1 N–H and O–H groups in total. The molecule has 1 heterocycles. The van der Waals surface area contributed by atoms with Crippen molar-refractivity contribution >= 4 is 17.5 Å². The van der Waals surface area contributed by atoms with Gasteiger partial charge >= 0.3 is 0 Å². The van der Waals surface area contributed by atoms with E-state index >= 15 is 0 Å². The summed E-state index contributed by atoms with van der Waals surface area (Å²) in [6.45, 7) is 1.62. The Labute approximate surface area is 158 Å². The zero-order chi connectivity index (χ0) is 18.5. The minimum atomic E-state index is -0.0255. The summed E-state index contributed by atoms with van der Waals surface area (Å²) in [5.41, 5.74) is 2.01. The monoisotopic (exact) mass is 374 g/mol. The standard InChI is InChI=1S/C20H23ClN2O3/c1-23(2)17(15-4-6-16(21)7-5-15)13-22-20(24)12-14-3-8-18-19(11-14)26-10-9-25-18/h3-8,11,17H,9-10,12-13H2,1-2H3,(H,22,24). The molecule has 2 aromatic rings. The molecule has 1 aliphatic rings. The Morgan fingerprint density at radius 3 is 2.50 bits per heavy atom. The molecule has 0 saturated carbocycles. The molecule has 0 spiro atoms. The van der Waals surface area contributed by atoms with E-state index in [1.54, 1.807) is 0 Å². The predicted molar refractivity (Wildman–Crippen MR) is 102 cm³/mol. The van der Waals surface area contributed by atoms with Gasteiger partial charge in [0.15, 0.2) is 11.5 Å². The van der Waals surface area contributed by atoms with Gasteiger partial charge in [-0.2, -0.15) is 0 Å². The summed E-state index contributed by atoms with van der Waals surface area (Å²) in [4.78, 5) is 14.4. The van der Waals surface area contributed by atoms with Gasteiger partial charge < -0.3 is 19.7 Å². The number of benzene rings is 2. The predicted octanol–water partition coefficient (Wildman–Crippen LogP) is 3.07. The van der Waals surface area contributed by atoms with Crippen LogP contribution in [0.2, 0.25) is 5.02 Å². The molecule has 26 heavy (non-hydrogen) atoms. The Hall–Kier alpha value is -2.24. The highest BCUT2D eigenvalue weighted by atomic mass is 35.5. The zero-order valence-electron chi connectivity index (χ0n) is 15.0. The van der Waals surface area contributed by atoms with Crippen molar-refractivity contribution in [2.45, 2.75) is 12.5 Å². The van der Waals surface area contributed by atoms with E-state index in [1.165, 1.54) is 0 Å². The number of amides is 1. The molecule has 1 amide bonds. The van der Waals surface area contributed by atoms with Crippen LogP contribution in [0.5, 0.6) is 11.5 Å². The Kier molecular flexibility index (Phi) is 6.01. The minimum Gasteiger partial charge on any atom is -0.486 e. The van der Waals surface area contributed by atoms with E-state index in [-0.39, 0.29) is 11.9 Å². The fraction of sp³-hybridized carbons (Fsp3) is 0.350. The second-order valence-electron chi connectivity index (χ2n) is 6.49. The van der Waals surface area contributed by atoms with Crippen LogP contribution in [0.4, 0.5) is 0 Å². The van der Waals surface area contributed by atoms with Gasteiger partial charge in [0.1, 0.15) is 13.2 Å². The van der Waals surface area contributed by atoms with E-state index in [9.17, 15) is 4.79 Å². The largest absolute Gasteiger partial charge is 0.486 e. The molecule has 0 fully saturated rings. The molecule has 0 radical (unpaired) electrons. The SMILES string of the molecule is CN(C)C(CNC(=O)Cc1ccc2c(c1)OCCO2)c1ccc(Cl)cc1. The summed E-state index contributed by atoms with van der Waals surface area (Å²) in [5.74, 6) is 1.41. The van der Waals surface area contributed by atoms with Gasteiger partial charge in [0.2, 0.25) is 5.91 Å². The molecule has 2 aromatic carbocycles. The lowest BCUT2D eigenvalue weighted by Gasteiger charge is -2.25. The van der Waals surface area contributed by atoms with Crippen LogP contribution in [0.1, 0.15) is 17.2 Å². The van der Waals surface area contributed by atoms with Crippen molar-refractivity contribution in [1.29, 1.82) is 0 Å². The second-order valence-corrected chi connectivity index (χ2v) is 6.93. The summed E-state index contributed by atoms with van der Waals surface area (Å²) in [5, 5.41) is 3.72. The third-order valence-electron chi connectivity index (χ3n) is 4.34. The number of hydrogen-bond donors (Lipinski definition) is 1. The summed E-state index contributed by atoms with van der Waals surface area (Å²) in [6.07, 6.45) is 0.303. The summed E-state index contributed by atoms with van der Waals surface area (Å²) >= 11 is 5.96. The highest BCUT2D eigenvalue weighted by Crippen LogP contribution is 2.30. The highest BCUT2D eigenvalue weighted by Gasteiger charge is 2.17. The molecular formula is C20H23ClN2O3. The van der Waals surface area contributed by atoms with Gasteiger partial charge in [-0.1, -0.05) is 29.8 Å². The van der Waals surface area contributed by atoms with Crippen molar-refractivity contribution in [3.63, 3.8) is 0 Å². The number of hydrogen-bond acceptors (Lipinski definition) is 4. The van der Waals surface area contributed by atoms with Gasteiger partial charge in [-0.15, -0.1) is 0 Å². The molecule has 0 saturated heterocycles. The molecule has 1 unspecified atom stereocenters. The third kappa shape index (κ3) is 4.68. The fourth-order valence-electron chi connectivity index (χ4n) is 2.94. The molecule has 0 aliphatic carbocycles. The molecular weight excluding hydrogens is 352 g/mol. The van der Waals surface area contributed by atoms with Crippen molar-refractivity contribution in [3.8, 4) is 11.5 Å².